The Morgan fingerprint density at radius 1 is 1.53 bits per heavy atom. The molecule has 2 rings (SSSR count). The van der Waals surface area contributed by atoms with Crippen LogP contribution >= 0.6 is 11.6 Å². The van der Waals surface area contributed by atoms with Crippen LogP contribution in [0, 0.1) is 11.3 Å². The standard InChI is InChI=1S/C13H15ClN2O/c1-13(5-2-6-17-9-13)16-12-7-11(14)4-3-10(12)8-15/h3-4,7,16H,2,5-6,9H2,1H3. The molecule has 1 aliphatic heterocycles. The second-order valence-corrected chi connectivity index (χ2v) is 5.08. The van der Waals surface area contributed by atoms with Crippen LogP contribution in [-0.2, 0) is 4.74 Å². The van der Waals surface area contributed by atoms with Crippen LogP contribution in [0.5, 0.6) is 0 Å². The van der Waals surface area contributed by atoms with E-state index in [9.17, 15) is 0 Å². The Hall–Kier alpha value is -1.24. The molecule has 0 aliphatic carbocycles. The smallest absolute Gasteiger partial charge is 0.101 e. The van der Waals surface area contributed by atoms with Gasteiger partial charge in [-0.25, -0.2) is 0 Å². The van der Waals surface area contributed by atoms with Gasteiger partial charge in [0.05, 0.1) is 23.4 Å². The van der Waals surface area contributed by atoms with Gasteiger partial charge in [0.1, 0.15) is 6.07 Å². The third kappa shape index (κ3) is 2.91. The van der Waals surface area contributed by atoms with Gasteiger partial charge in [-0.1, -0.05) is 11.6 Å². The number of hydrogen-bond acceptors (Lipinski definition) is 3. The van der Waals surface area contributed by atoms with Crippen molar-refractivity contribution < 1.29 is 4.74 Å². The van der Waals surface area contributed by atoms with Crippen LogP contribution in [-0.4, -0.2) is 18.8 Å². The number of nitriles is 1. The fourth-order valence-corrected chi connectivity index (χ4v) is 2.25. The van der Waals surface area contributed by atoms with E-state index >= 15 is 0 Å². The van der Waals surface area contributed by atoms with Crippen LogP contribution in [0.4, 0.5) is 5.69 Å². The molecule has 0 radical (unpaired) electrons. The zero-order valence-electron chi connectivity index (χ0n) is 9.79. The normalized spacial score (nSPS) is 24.1. The molecule has 1 atom stereocenters. The molecule has 1 fully saturated rings. The largest absolute Gasteiger partial charge is 0.379 e. The lowest BCUT2D eigenvalue weighted by atomic mass is 9.94. The van der Waals surface area contributed by atoms with E-state index in [0.29, 0.717) is 17.2 Å². The van der Waals surface area contributed by atoms with Gasteiger partial charge in [0.2, 0.25) is 0 Å². The number of benzene rings is 1. The van der Waals surface area contributed by atoms with Gasteiger partial charge in [-0.05, 0) is 38.0 Å². The number of rotatable bonds is 2. The van der Waals surface area contributed by atoms with Crippen LogP contribution < -0.4 is 5.32 Å². The summed E-state index contributed by atoms with van der Waals surface area (Å²) in [5, 5.41) is 13.1. The van der Waals surface area contributed by atoms with E-state index in [1.54, 1.807) is 18.2 Å². The minimum absolute atomic E-state index is 0.117. The number of ether oxygens (including phenoxy) is 1. The van der Waals surface area contributed by atoms with Crippen LogP contribution in [0.3, 0.4) is 0 Å². The first-order chi connectivity index (χ1) is 8.13. The maximum absolute atomic E-state index is 9.06. The number of anilines is 1. The van der Waals surface area contributed by atoms with Crippen molar-refractivity contribution in [2.75, 3.05) is 18.5 Å². The first-order valence-corrected chi connectivity index (χ1v) is 6.06. The number of hydrogen-bond donors (Lipinski definition) is 1. The summed E-state index contributed by atoms with van der Waals surface area (Å²) >= 11 is 5.96. The van der Waals surface area contributed by atoms with E-state index in [2.05, 4.69) is 18.3 Å². The average Bonchev–Trinajstić information content (AvgIpc) is 2.29. The molecule has 1 N–H and O–H groups in total. The molecule has 1 heterocycles. The van der Waals surface area contributed by atoms with Crippen molar-refractivity contribution in [1.82, 2.24) is 0 Å². The van der Waals surface area contributed by atoms with Crippen molar-refractivity contribution >= 4 is 17.3 Å². The summed E-state index contributed by atoms with van der Waals surface area (Å²) in [6.07, 6.45) is 2.07. The summed E-state index contributed by atoms with van der Waals surface area (Å²) < 4.78 is 5.48. The van der Waals surface area contributed by atoms with Gasteiger partial charge >= 0.3 is 0 Å². The van der Waals surface area contributed by atoms with Crippen molar-refractivity contribution in [3.63, 3.8) is 0 Å². The van der Waals surface area contributed by atoms with Gasteiger partial charge in [-0.15, -0.1) is 0 Å². The molecule has 0 saturated carbocycles. The Labute approximate surface area is 106 Å². The van der Waals surface area contributed by atoms with E-state index in [1.807, 2.05) is 0 Å². The third-order valence-electron chi connectivity index (χ3n) is 2.98. The molecule has 17 heavy (non-hydrogen) atoms. The average molecular weight is 251 g/mol. The molecule has 90 valence electrons. The number of nitrogens with one attached hydrogen (secondary N) is 1. The molecule has 1 aliphatic rings. The van der Waals surface area contributed by atoms with E-state index in [-0.39, 0.29) is 5.54 Å². The summed E-state index contributed by atoms with van der Waals surface area (Å²) in [6.45, 7) is 3.58. The minimum Gasteiger partial charge on any atom is -0.379 e. The Morgan fingerprint density at radius 2 is 2.35 bits per heavy atom. The Bertz CT molecular complexity index is 447. The monoisotopic (exact) mass is 250 g/mol. The third-order valence-corrected chi connectivity index (χ3v) is 3.21. The molecular weight excluding hydrogens is 236 g/mol. The Kier molecular flexibility index (Phi) is 3.56. The van der Waals surface area contributed by atoms with Gasteiger partial charge in [0.15, 0.2) is 0 Å². The SMILES string of the molecule is CC1(Nc2cc(Cl)ccc2C#N)CCCOC1. The van der Waals surface area contributed by atoms with E-state index < -0.39 is 0 Å². The molecule has 3 nitrogen and oxygen atoms in total. The molecule has 1 saturated heterocycles. The first-order valence-electron chi connectivity index (χ1n) is 5.69. The lowest BCUT2D eigenvalue weighted by Gasteiger charge is -2.35. The van der Waals surface area contributed by atoms with Crippen LogP contribution in [0.15, 0.2) is 18.2 Å². The highest BCUT2D eigenvalue weighted by Gasteiger charge is 2.28. The summed E-state index contributed by atoms with van der Waals surface area (Å²) in [5.74, 6) is 0. The molecule has 1 aromatic carbocycles. The topological polar surface area (TPSA) is 45.0 Å². The molecule has 0 spiro atoms. The second-order valence-electron chi connectivity index (χ2n) is 4.64. The zero-order valence-corrected chi connectivity index (χ0v) is 10.5. The zero-order chi connectivity index (χ0) is 12.3. The molecular formula is C13H15ClN2O. The van der Waals surface area contributed by atoms with Gasteiger partial charge in [-0.3, -0.25) is 0 Å². The van der Waals surface area contributed by atoms with Crippen LogP contribution in [0.25, 0.3) is 0 Å². The molecule has 1 aromatic rings. The molecule has 0 amide bonds. The van der Waals surface area contributed by atoms with Gasteiger partial charge in [0.25, 0.3) is 0 Å². The van der Waals surface area contributed by atoms with Gasteiger partial charge in [-0.2, -0.15) is 5.26 Å². The van der Waals surface area contributed by atoms with Gasteiger partial charge in [0, 0.05) is 11.6 Å². The fraction of sp³-hybridized carbons (Fsp3) is 0.462. The summed E-state index contributed by atoms with van der Waals surface area (Å²) in [4.78, 5) is 0. The van der Waals surface area contributed by atoms with E-state index in [1.165, 1.54) is 0 Å². The Balaban J connectivity index is 2.22. The molecule has 1 unspecified atom stereocenters. The fourth-order valence-electron chi connectivity index (χ4n) is 2.08. The van der Waals surface area contributed by atoms with Crippen molar-refractivity contribution in [2.24, 2.45) is 0 Å². The number of halogens is 1. The highest BCUT2D eigenvalue weighted by molar-refractivity contribution is 6.30. The molecule has 0 bridgehead atoms. The van der Waals surface area contributed by atoms with E-state index in [4.69, 9.17) is 21.6 Å². The number of nitrogens with zero attached hydrogens (tertiary/aromatic N) is 1. The van der Waals surface area contributed by atoms with Crippen molar-refractivity contribution in [2.45, 2.75) is 25.3 Å². The quantitative estimate of drug-likeness (QED) is 0.877. The highest BCUT2D eigenvalue weighted by atomic mass is 35.5. The summed E-state index contributed by atoms with van der Waals surface area (Å²) in [5.41, 5.74) is 1.28. The van der Waals surface area contributed by atoms with Crippen molar-refractivity contribution in [1.29, 1.82) is 5.26 Å². The highest BCUT2D eigenvalue weighted by Crippen LogP contribution is 2.28. The predicted molar refractivity (Wildman–Crippen MR) is 68.2 cm³/mol. The minimum atomic E-state index is -0.117. The maximum Gasteiger partial charge on any atom is 0.101 e. The Morgan fingerprint density at radius 3 is 3.00 bits per heavy atom. The lowest BCUT2D eigenvalue weighted by molar-refractivity contribution is 0.0540. The first kappa shape index (κ1) is 12.2. The van der Waals surface area contributed by atoms with Crippen molar-refractivity contribution in [3.8, 4) is 6.07 Å². The van der Waals surface area contributed by atoms with Crippen LogP contribution in [0.2, 0.25) is 5.02 Å². The predicted octanol–water partition coefficient (Wildman–Crippen LogP) is 3.19. The summed E-state index contributed by atoms with van der Waals surface area (Å²) in [6, 6.07) is 7.42. The van der Waals surface area contributed by atoms with E-state index in [0.717, 1.165) is 25.1 Å². The molecule has 4 heteroatoms. The lowest BCUT2D eigenvalue weighted by Crippen LogP contribution is -2.43. The van der Waals surface area contributed by atoms with Gasteiger partial charge < -0.3 is 10.1 Å². The summed E-state index contributed by atoms with van der Waals surface area (Å²) in [7, 11) is 0. The second kappa shape index (κ2) is 4.95. The van der Waals surface area contributed by atoms with Crippen LogP contribution in [0.1, 0.15) is 25.3 Å². The van der Waals surface area contributed by atoms with Crippen molar-refractivity contribution in [3.05, 3.63) is 28.8 Å². The molecule has 0 aromatic heterocycles. The maximum atomic E-state index is 9.06.